The quantitative estimate of drug-likeness (QED) is 0.756. The van der Waals surface area contributed by atoms with E-state index >= 15 is 0 Å². The average Bonchev–Trinajstić information content (AvgIpc) is 2.93. The molecule has 0 atom stereocenters. The molecule has 3 rings (SSSR count). The van der Waals surface area contributed by atoms with Gasteiger partial charge in [0.05, 0.1) is 4.90 Å². The van der Waals surface area contributed by atoms with Crippen LogP contribution in [0.5, 0.6) is 0 Å². The third-order valence-electron chi connectivity index (χ3n) is 3.86. The Balaban J connectivity index is 1.74. The lowest BCUT2D eigenvalue weighted by Gasteiger charge is -2.10. The summed E-state index contributed by atoms with van der Waals surface area (Å²) in [4.78, 5) is 7.67. The molecule has 0 unspecified atom stereocenters. The summed E-state index contributed by atoms with van der Waals surface area (Å²) in [5.74, 6) is 0. The summed E-state index contributed by atoms with van der Waals surface area (Å²) < 4.78 is 27.6. The van der Waals surface area contributed by atoms with Crippen molar-refractivity contribution in [1.82, 2.24) is 14.7 Å². The van der Waals surface area contributed by atoms with Gasteiger partial charge in [-0.15, -0.1) is 0 Å². The van der Waals surface area contributed by atoms with Crippen LogP contribution in [-0.2, 0) is 16.4 Å². The van der Waals surface area contributed by atoms with Crippen LogP contribution in [0.15, 0.2) is 47.6 Å². The van der Waals surface area contributed by atoms with E-state index in [0.717, 1.165) is 27.7 Å². The van der Waals surface area contributed by atoms with Crippen molar-refractivity contribution in [3.8, 4) is 0 Å². The predicted molar refractivity (Wildman–Crippen MR) is 90.9 cm³/mol. The Kier molecular flexibility index (Phi) is 4.19. The van der Waals surface area contributed by atoms with Crippen LogP contribution in [0.1, 0.15) is 16.7 Å². The van der Waals surface area contributed by atoms with Crippen molar-refractivity contribution >= 4 is 21.1 Å². The molecule has 3 aromatic rings. The van der Waals surface area contributed by atoms with Crippen LogP contribution in [0, 0.1) is 13.8 Å². The number of H-pyrrole nitrogens is 1. The van der Waals surface area contributed by atoms with Crippen molar-refractivity contribution in [1.29, 1.82) is 0 Å². The first kappa shape index (κ1) is 15.7. The lowest BCUT2D eigenvalue weighted by molar-refractivity contribution is 0.581. The third kappa shape index (κ3) is 3.28. The van der Waals surface area contributed by atoms with Crippen molar-refractivity contribution in [3.05, 3.63) is 59.4 Å². The van der Waals surface area contributed by atoms with E-state index in [-0.39, 0.29) is 0 Å². The Morgan fingerprint density at radius 2 is 2.04 bits per heavy atom. The molecule has 0 aliphatic carbocycles. The molecule has 0 radical (unpaired) electrons. The van der Waals surface area contributed by atoms with Gasteiger partial charge in [0, 0.05) is 24.3 Å². The lowest BCUT2D eigenvalue weighted by Crippen LogP contribution is -2.26. The van der Waals surface area contributed by atoms with Gasteiger partial charge in [-0.3, -0.25) is 0 Å². The molecule has 0 aliphatic heterocycles. The van der Waals surface area contributed by atoms with Gasteiger partial charge in [-0.2, -0.15) is 0 Å². The Morgan fingerprint density at radius 1 is 1.22 bits per heavy atom. The highest BCUT2D eigenvalue weighted by molar-refractivity contribution is 7.89. The topological polar surface area (TPSA) is 74.8 Å². The number of sulfonamides is 1. The van der Waals surface area contributed by atoms with Gasteiger partial charge in [0.15, 0.2) is 0 Å². The van der Waals surface area contributed by atoms with E-state index in [0.29, 0.717) is 17.9 Å². The van der Waals surface area contributed by atoms with Gasteiger partial charge < -0.3 is 4.98 Å². The van der Waals surface area contributed by atoms with E-state index in [9.17, 15) is 8.42 Å². The van der Waals surface area contributed by atoms with Crippen LogP contribution in [0.3, 0.4) is 0 Å². The van der Waals surface area contributed by atoms with Crippen molar-refractivity contribution in [2.75, 3.05) is 6.54 Å². The predicted octanol–water partition coefficient (Wildman–Crippen LogP) is 2.70. The van der Waals surface area contributed by atoms with Crippen molar-refractivity contribution in [2.45, 2.75) is 25.2 Å². The van der Waals surface area contributed by atoms with Crippen LogP contribution < -0.4 is 4.72 Å². The fourth-order valence-corrected chi connectivity index (χ4v) is 3.97. The van der Waals surface area contributed by atoms with E-state index in [2.05, 4.69) is 14.7 Å². The van der Waals surface area contributed by atoms with Crippen LogP contribution in [-0.4, -0.2) is 24.9 Å². The van der Waals surface area contributed by atoms with Gasteiger partial charge in [-0.05, 0) is 55.2 Å². The van der Waals surface area contributed by atoms with Crippen molar-refractivity contribution < 1.29 is 8.42 Å². The second-order valence-electron chi connectivity index (χ2n) is 5.63. The molecule has 0 amide bonds. The standard InChI is InChI=1S/C17H19N3O2S/c1-12-5-6-13(2)16(10-12)23(21,22)20-9-7-14-11-19-17-15(14)4-3-8-18-17/h3-6,8,10-11,20H,7,9H2,1-2H3,(H,18,19). The molecule has 6 heteroatoms. The Morgan fingerprint density at radius 3 is 2.87 bits per heavy atom. The first-order valence-corrected chi connectivity index (χ1v) is 8.93. The van der Waals surface area contributed by atoms with Gasteiger partial charge in [0.2, 0.25) is 10.0 Å². The van der Waals surface area contributed by atoms with Gasteiger partial charge in [0.25, 0.3) is 0 Å². The number of nitrogens with one attached hydrogen (secondary N) is 2. The van der Waals surface area contributed by atoms with E-state index in [1.165, 1.54) is 0 Å². The molecule has 1 aromatic carbocycles. The van der Waals surface area contributed by atoms with E-state index < -0.39 is 10.0 Å². The maximum absolute atomic E-state index is 12.5. The number of nitrogens with zero attached hydrogens (tertiary/aromatic N) is 1. The highest BCUT2D eigenvalue weighted by Crippen LogP contribution is 2.18. The number of aryl methyl sites for hydroxylation is 2. The zero-order valence-corrected chi connectivity index (χ0v) is 13.9. The Hall–Kier alpha value is -2.18. The molecule has 2 aromatic heterocycles. The zero-order chi connectivity index (χ0) is 16.4. The minimum Gasteiger partial charge on any atom is -0.346 e. The second-order valence-corrected chi connectivity index (χ2v) is 7.37. The molecule has 120 valence electrons. The number of pyridine rings is 1. The third-order valence-corrected chi connectivity index (χ3v) is 5.46. The van der Waals surface area contributed by atoms with E-state index in [4.69, 9.17) is 0 Å². The number of hydrogen-bond donors (Lipinski definition) is 2. The smallest absolute Gasteiger partial charge is 0.240 e. The molecule has 23 heavy (non-hydrogen) atoms. The minimum absolute atomic E-state index is 0.345. The largest absolute Gasteiger partial charge is 0.346 e. The molecule has 0 bridgehead atoms. The normalized spacial score (nSPS) is 11.9. The number of hydrogen-bond acceptors (Lipinski definition) is 3. The summed E-state index contributed by atoms with van der Waals surface area (Å²) in [6.07, 6.45) is 4.21. The summed E-state index contributed by atoms with van der Waals surface area (Å²) in [5.41, 5.74) is 3.55. The average molecular weight is 329 g/mol. The van der Waals surface area contributed by atoms with Crippen LogP contribution in [0.4, 0.5) is 0 Å². The summed E-state index contributed by atoms with van der Waals surface area (Å²) >= 11 is 0. The number of fused-ring (bicyclic) bond motifs is 1. The monoisotopic (exact) mass is 329 g/mol. The van der Waals surface area contributed by atoms with E-state index in [1.807, 2.05) is 37.4 Å². The van der Waals surface area contributed by atoms with Crippen LogP contribution in [0.25, 0.3) is 11.0 Å². The first-order valence-electron chi connectivity index (χ1n) is 7.45. The molecular weight excluding hydrogens is 310 g/mol. The maximum Gasteiger partial charge on any atom is 0.240 e. The minimum atomic E-state index is -3.50. The Labute approximate surface area is 135 Å². The van der Waals surface area contributed by atoms with Crippen molar-refractivity contribution in [3.63, 3.8) is 0 Å². The SMILES string of the molecule is Cc1ccc(C)c(S(=O)(=O)NCCc2c[nH]c3ncccc23)c1. The molecule has 0 aliphatic rings. The fourth-order valence-electron chi connectivity index (χ4n) is 2.61. The second kappa shape index (κ2) is 6.14. The zero-order valence-electron chi connectivity index (χ0n) is 13.1. The van der Waals surface area contributed by atoms with Gasteiger partial charge in [-0.1, -0.05) is 12.1 Å². The summed E-state index contributed by atoms with van der Waals surface area (Å²) in [7, 11) is -3.50. The molecule has 0 saturated carbocycles. The maximum atomic E-state index is 12.5. The molecule has 2 N–H and O–H groups in total. The van der Waals surface area contributed by atoms with Crippen LogP contribution in [0.2, 0.25) is 0 Å². The summed E-state index contributed by atoms with van der Waals surface area (Å²) in [5, 5.41) is 1.03. The van der Waals surface area contributed by atoms with Gasteiger partial charge in [-0.25, -0.2) is 18.1 Å². The molecular formula is C17H19N3O2S. The highest BCUT2D eigenvalue weighted by Gasteiger charge is 2.16. The number of benzene rings is 1. The molecule has 5 nitrogen and oxygen atoms in total. The molecule has 0 spiro atoms. The molecule has 0 saturated heterocycles. The van der Waals surface area contributed by atoms with E-state index in [1.54, 1.807) is 19.2 Å². The summed E-state index contributed by atoms with van der Waals surface area (Å²) in [6, 6.07) is 9.29. The first-order chi connectivity index (χ1) is 11.0. The number of aromatic amines is 1. The van der Waals surface area contributed by atoms with Crippen LogP contribution >= 0.6 is 0 Å². The summed E-state index contributed by atoms with van der Waals surface area (Å²) in [6.45, 7) is 4.04. The van der Waals surface area contributed by atoms with Gasteiger partial charge >= 0.3 is 0 Å². The number of rotatable bonds is 5. The Bertz CT molecular complexity index is 945. The number of aromatic nitrogens is 2. The van der Waals surface area contributed by atoms with Gasteiger partial charge in [0.1, 0.15) is 5.65 Å². The lowest BCUT2D eigenvalue weighted by atomic mass is 10.2. The van der Waals surface area contributed by atoms with Crippen molar-refractivity contribution in [2.24, 2.45) is 0 Å². The molecule has 2 heterocycles. The molecule has 0 fully saturated rings. The highest BCUT2D eigenvalue weighted by atomic mass is 32.2. The fraction of sp³-hybridized carbons (Fsp3) is 0.235.